The van der Waals surface area contributed by atoms with Crippen LogP contribution >= 0.6 is 0 Å². The molecule has 0 aliphatic rings. The zero-order valence-electron chi connectivity index (χ0n) is 28.4. The molecule has 234 valence electrons. The molecule has 0 bridgehead atoms. The third-order valence-electron chi connectivity index (χ3n) is 8.70. The minimum Gasteiger partial charge on any atom is -0.295 e. The van der Waals surface area contributed by atoms with Crippen LogP contribution in [-0.4, -0.2) is 9.97 Å². The molecule has 0 amide bonds. The van der Waals surface area contributed by atoms with Gasteiger partial charge in [0.15, 0.2) is 0 Å². The van der Waals surface area contributed by atoms with E-state index in [0.29, 0.717) is 0 Å². The number of benzene rings is 4. The molecule has 0 fully saturated rings. The van der Waals surface area contributed by atoms with E-state index in [1.165, 1.54) is 44.3 Å². The summed E-state index contributed by atoms with van der Waals surface area (Å²) in [5.74, 6) is 0. The van der Waals surface area contributed by atoms with Gasteiger partial charge in [0.1, 0.15) is 0 Å². The molecule has 0 saturated heterocycles. The Labute approximate surface area is 289 Å². The quantitative estimate of drug-likeness (QED) is 0.167. The molecule has 0 aliphatic heterocycles. The number of hydrogen-bond acceptors (Lipinski definition) is 2. The van der Waals surface area contributed by atoms with Crippen LogP contribution in [0.25, 0.3) is 55.5 Å². The standard InChI is InChI=1S/C43H42N2.Pt/c1-27-20-28(2)41(29(3)21-27)32-16-18-44-39(25-32)33-23-37-35(14-11-15-36(37)38(24-33)43(7,8)9)30-12-10-13-31(22-30)40-26-34(17-19-45-40)42(4,5)6;/h10-21,24-26H,1-9H3;/q-2;+2. The number of nitrogens with zero attached hydrogens (tertiary/aromatic N) is 2. The normalized spacial score (nSPS) is 11.8. The molecule has 0 saturated carbocycles. The summed E-state index contributed by atoms with van der Waals surface area (Å²) in [5, 5.41) is 2.29. The van der Waals surface area contributed by atoms with Gasteiger partial charge in [0, 0.05) is 23.8 Å². The molecule has 2 nitrogen and oxygen atoms in total. The van der Waals surface area contributed by atoms with E-state index in [1.807, 2.05) is 12.4 Å². The van der Waals surface area contributed by atoms with Gasteiger partial charge in [-0.05, 0) is 71.6 Å². The van der Waals surface area contributed by atoms with Crippen LogP contribution in [0, 0.1) is 32.9 Å². The fourth-order valence-electron chi connectivity index (χ4n) is 6.48. The molecule has 2 aromatic heterocycles. The zero-order valence-corrected chi connectivity index (χ0v) is 30.6. The molecule has 2 heterocycles. The number of pyridine rings is 2. The smallest absolute Gasteiger partial charge is 0.295 e. The predicted molar refractivity (Wildman–Crippen MR) is 191 cm³/mol. The minimum absolute atomic E-state index is 0. The molecular weight excluding hydrogens is 740 g/mol. The molecule has 0 atom stereocenters. The van der Waals surface area contributed by atoms with Gasteiger partial charge < -0.3 is 0 Å². The second kappa shape index (κ2) is 12.7. The van der Waals surface area contributed by atoms with Gasteiger partial charge in [0.05, 0.1) is 0 Å². The average Bonchev–Trinajstić information content (AvgIpc) is 2.99. The molecule has 3 heteroatoms. The van der Waals surface area contributed by atoms with Gasteiger partial charge in [-0.2, -0.15) is 0 Å². The Bertz CT molecular complexity index is 2030. The van der Waals surface area contributed by atoms with Crippen LogP contribution in [0.1, 0.15) is 69.4 Å². The summed E-state index contributed by atoms with van der Waals surface area (Å²) in [6.07, 6.45) is 3.84. The van der Waals surface area contributed by atoms with Crippen molar-refractivity contribution < 1.29 is 21.1 Å². The fourth-order valence-corrected chi connectivity index (χ4v) is 6.48. The van der Waals surface area contributed by atoms with Crippen LogP contribution < -0.4 is 0 Å². The molecular formula is C43H42N2Pt. The fraction of sp³-hybridized carbons (Fsp3) is 0.256. The second-order valence-corrected chi connectivity index (χ2v) is 14.4. The third-order valence-corrected chi connectivity index (χ3v) is 8.70. The zero-order chi connectivity index (χ0) is 32.1. The van der Waals surface area contributed by atoms with E-state index in [1.54, 1.807) is 0 Å². The summed E-state index contributed by atoms with van der Waals surface area (Å²) >= 11 is 0. The van der Waals surface area contributed by atoms with Gasteiger partial charge in [-0.25, -0.2) is 0 Å². The van der Waals surface area contributed by atoms with Crippen molar-refractivity contribution in [1.29, 1.82) is 0 Å². The van der Waals surface area contributed by atoms with Gasteiger partial charge in [-0.15, -0.1) is 52.9 Å². The number of aromatic nitrogens is 2. The summed E-state index contributed by atoms with van der Waals surface area (Å²) < 4.78 is 0. The molecule has 0 unspecified atom stereocenters. The van der Waals surface area contributed by atoms with Crippen LogP contribution in [0.4, 0.5) is 0 Å². The van der Waals surface area contributed by atoms with E-state index >= 15 is 0 Å². The molecule has 6 rings (SSSR count). The summed E-state index contributed by atoms with van der Waals surface area (Å²) in [4.78, 5) is 9.60. The number of rotatable bonds is 4. The second-order valence-electron chi connectivity index (χ2n) is 14.4. The maximum absolute atomic E-state index is 4.88. The van der Waals surface area contributed by atoms with E-state index in [0.717, 1.165) is 39.0 Å². The van der Waals surface area contributed by atoms with Gasteiger partial charge in [-0.1, -0.05) is 112 Å². The predicted octanol–water partition coefficient (Wildman–Crippen LogP) is 11.4. The average molecular weight is 782 g/mol. The van der Waals surface area contributed by atoms with Crippen LogP contribution in [0.5, 0.6) is 0 Å². The van der Waals surface area contributed by atoms with Crippen LogP contribution in [0.3, 0.4) is 0 Å². The first kappa shape index (κ1) is 33.5. The Morgan fingerprint density at radius 3 is 1.89 bits per heavy atom. The Morgan fingerprint density at radius 1 is 0.587 bits per heavy atom. The molecule has 0 N–H and O–H groups in total. The van der Waals surface area contributed by atoms with Gasteiger partial charge in [0.2, 0.25) is 0 Å². The molecule has 46 heavy (non-hydrogen) atoms. The number of hydrogen-bond donors (Lipinski definition) is 0. The van der Waals surface area contributed by atoms with Crippen LogP contribution in [-0.2, 0) is 31.9 Å². The first-order valence-electron chi connectivity index (χ1n) is 15.8. The molecule has 0 radical (unpaired) electrons. The molecule has 0 aliphatic carbocycles. The Morgan fingerprint density at radius 2 is 1.22 bits per heavy atom. The van der Waals surface area contributed by atoms with E-state index in [9.17, 15) is 0 Å². The first-order chi connectivity index (χ1) is 21.3. The topological polar surface area (TPSA) is 25.8 Å². The van der Waals surface area contributed by atoms with Crippen molar-refractivity contribution in [3.63, 3.8) is 0 Å². The van der Waals surface area contributed by atoms with Crippen molar-refractivity contribution in [3.05, 3.63) is 131 Å². The Hall–Kier alpha value is -3.87. The summed E-state index contributed by atoms with van der Waals surface area (Å²) in [7, 11) is 0. The number of fused-ring (bicyclic) bond motifs is 1. The Kier molecular flexibility index (Phi) is 9.27. The van der Waals surface area contributed by atoms with E-state index in [-0.39, 0.29) is 31.9 Å². The molecule has 4 aromatic carbocycles. The van der Waals surface area contributed by atoms with Crippen molar-refractivity contribution in [2.24, 2.45) is 0 Å². The maximum atomic E-state index is 4.88. The van der Waals surface area contributed by atoms with Crippen molar-refractivity contribution in [2.45, 2.75) is 73.1 Å². The van der Waals surface area contributed by atoms with Crippen LogP contribution in [0.2, 0.25) is 0 Å². The molecule has 0 spiro atoms. The van der Waals surface area contributed by atoms with Crippen molar-refractivity contribution in [3.8, 4) is 44.8 Å². The largest absolute Gasteiger partial charge is 2.00 e. The monoisotopic (exact) mass is 781 g/mol. The summed E-state index contributed by atoms with van der Waals surface area (Å²) in [5.41, 5.74) is 14.8. The van der Waals surface area contributed by atoms with E-state index in [2.05, 4.69) is 153 Å². The SMILES string of the molecule is Cc1cc(C)c(-c2ccnc(-c3[c-]c4c(-c5[c-]c(-c6cc(C(C)(C)C)ccn6)ccc5)cccc4c(C(C)(C)C)c3)c2)c(C)c1.[Pt+2]. The summed E-state index contributed by atoms with van der Waals surface area (Å²) in [6, 6.07) is 35.9. The number of aryl methyl sites for hydroxylation is 3. The van der Waals surface area contributed by atoms with Crippen LogP contribution in [0.15, 0.2) is 91.3 Å². The van der Waals surface area contributed by atoms with Crippen molar-refractivity contribution >= 4 is 10.8 Å². The van der Waals surface area contributed by atoms with Crippen molar-refractivity contribution in [2.75, 3.05) is 0 Å². The van der Waals surface area contributed by atoms with Crippen molar-refractivity contribution in [1.82, 2.24) is 9.97 Å². The Balaban J connectivity index is 0.00000417. The summed E-state index contributed by atoms with van der Waals surface area (Å²) in [6.45, 7) is 20.1. The van der Waals surface area contributed by atoms with Gasteiger partial charge in [-0.3, -0.25) is 9.97 Å². The minimum atomic E-state index is -0.0780. The third kappa shape index (κ3) is 6.65. The molecule has 6 aromatic rings. The van der Waals surface area contributed by atoms with Gasteiger partial charge in [0.25, 0.3) is 0 Å². The maximum Gasteiger partial charge on any atom is 2.00 e. The van der Waals surface area contributed by atoms with E-state index < -0.39 is 0 Å². The first-order valence-corrected chi connectivity index (χ1v) is 15.8. The van der Waals surface area contributed by atoms with Gasteiger partial charge >= 0.3 is 21.1 Å². The van der Waals surface area contributed by atoms with E-state index in [4.69, 9.17) is 9.97 Å².